The Morgan fingerprint density at radius 3 is 2.57 bits per heavy atom. The van der Waals surface area contributed by atoms with Crippen molar-refractivity contribution in [3.63, 3.8) is 0 Å². The van der Waals surface area contributed by atoms with Crippen LogP contribution in [0.2, 0.25) is 0 Å². The zero-order chi connectivity index (χ0) is 19.2. The minimum absolute atomic E-state index is 0.0423. The van der Waals surface area contributed by atoms with Crippen molar-refractivity contribution < 1.29 is 14.3 Å². The molecular weight excluding hydrogens is 352 g/mol. The predicted octanol–water partition coefficient (Wildman–Crippen LogP) is 2.99. The molecule has 2 aromatic rings. The average molecular weight is 380 g/mol. The molecule has 28 heavy (non-hydrogen) atoms. The molecule has 0 aromatic heterocycles. The molecule has 2 aliphatic rings. The lowest BCUT2D eigenvalue weighted by atomic mass is 10.1. The van der Waals surface area contributed by atoms with E-state index in [0.717, 1.165) is 52.0 Å². The highest BCUT2D eigenvalue weighted by atomic mass is 16.6. The molecule has 4 rings (SSSR count). The summed E-state index contributed by atoms with van der Waals surface area (Å²) >= 11 is 0. The number of rotatable bonds is 5. The molecule has 2 heterocycles. The van der Waals surface area contributed by atoms with E-state index >= 15 is 0 Å². The Morgan fingerprint density at radius 1 is 0.929 bits per heavy atom. The zero-order valence-electron chi connectivity index (χ0n) is 16.3. The number of nitrogens with zero attached hydrogens (tertiary/aromatic N) is 2. The third-order valence-electron chi connectivity index (χ3n) is 5.47. The second kappa shape index (κ2) is 9.11. The minimum Gasteiger partial charge on any atom is -0.485 e. The van der Waals surface area contributed by atoms with Crippen molar-refractivity contribution in [2.75, 3.05) is 39.3 Å². The SMILES string of the molecule is O=C(C1COc2ccccc2O1)N1CCCN(CCCc2ccccc2)CC1. The Kier molecular flexibility index (Phi) is 6.12. The summed E-state index contributed by atoms with van der Waals surface area (Å²) in [5.74, 6) is 1.41. The molecule has 148 valence electrons. The van der Waals surface area contributed by atoms with E-state index in [-0.39, 0.29) is 12.5 Å². The Morgan fingerprint density at radius 2 is 1.71 bits per heavy atom. The van der Waals surface area contributed by atoms with Crippen molar-refractivity contribution in [2.24, 2.45) is 0 Å². The van der Waals surface area contributed by atoms with Gasteiger partial charge >= 0.3 is 0 Å². The summed E-state index contributed by atoms with van der Waals surface area (Å²) in [6, 6.07) is 18.2. The van der Waals surface area contributed by atoms with Gasteiger partial charge in [-0.3, -0.25) is 4.79 Å². The van der Waals surface area contributed by atoms with Gasteiger partial charge < -0.3 is 19.3 Å². The third kappa shape index (κ3) is 4.65. The van der Waals surface area contributed by atoms with Crippen molar-refractivity contribution in [2.45, 2.75) is 25.4 Å². The maximum absolute atomic E-state index is 12.9. The molecule has 2 aromatic carbocycles. The summed E-state index contributed by atoms with van der Waals surface area (Å²) in [7, 11) is 0. The van der Waals surface area contributed by atoms with E-state index in [1.54, 1.807) is 0 Å². The van der Waals surface area contributed by atoms with Crippen molar-refractivity contribution in [3.8, 4) is 11.5 Å². The highest BCUT2D eigenvalue weighted by molar-refractivity contribution is 5.82. The number of hydrogen-bond acceptors (Lipinski definition) is 4. The molecule has 5 heteroatoms. The van der Waals surface area contributed by atoms with Gasteiger partial charge in [0.2, 0.25) is 6.10 Å². The number of carbonyl (C=O) groups excluding carboxylic acids is 1. The number of hydrogen-bond donors (Lipinski definition) is 0. The standard InChI is InChI=1S/C23H28N2O3/c26-23(22-18-27-20-11-4-5-12-21(20)28-22)25-15-7-14-24(16-17-25)13-6-10-19-8-2-1-3-9-19/h1-5,8-9,11-12,22H,6-7,10,13-18H2. The smallest absolute Gasteiger partial charge is 0.267 e. The Bertz CT molecular complexity index is 780. The summed E-state index contributed by atoms with van der Waals surface area (Å²) < 4.78 is 11.6. The average Bonchev–Trinajstić information content (AvgIpc) is 2.99. The number of benzene rings is 2. The van der Waals surface area contributed by atoms with Gasteiger partial charge in [-0.2, -0.15) is 0 Å². The minimum atomic E-state index is -0.542. The van der Waals surface area contributed by atoms with Crippen LogP contribution in [0.5, 0.6) is 11.5 Å². The second-order valence-corrected chi connectivity index (χ2v) is 7.47. The van der Waals surface area contributed by atoms with Crippen LogP contribution in [0, 0.1) is 0 Å². The van der Waals surface area contributed by atoms with Gasteiger partial charge in [-0.15, -0.1) is 0 Å². The van der Waals surface area contributed by atoms with Crippen LogP contribution in [0.25, 0.3) is 0 Å². The van der Waals surface area contributed by atoms with Gasteiger partial charge in [0.25, 0.3) is 5.91 Å². The van der Waals surface area contributed by atoms with Gasteiger partial charge in [0, 0.05) is 19.6 Å². The normalized spacial score (nSPS) is 19.9. The van der Waals surface area contributed by atoms with Gasteiger partial charge in [0.1, 0.15) is 6.61 Å². The molecule has 0 aliphatic carbocycles. The van der Waals surface area contributed by atoms with E-state index in [1.165, 1.54) is 5.56 Å². The van der Waals surface area contributed by atoms with Gasteiger partial charge in [0.15, 0.2) is 11.5 Å². The van der Waals surface area contributed by atoms with E-state index in [1.807, 2.05) is 29.2 Å². The van der Waals surface area contributed by atoms with Crippen molar-refractivity contribution in [1.29, 1.82) is 0 Å². The molecule has 1 atom stereocenters. The summed E-state index contributed by atoms with van der Waals surface area (Å²) in [4.78, 5) is 17.3. The number of amides is 1. The monoisotopic (exact) mass is 380 g/mol. The number of aryl methyl sites for hydroxylation is 1. The molecule has 0 spiro atoms. The second-order valence-electron chi connectivity index (χ2n) is 7.47. The van der Waals surface area contributed by atoms with Crippen molar-refractivity contribution >= 4 is 5.91 Å². The first-order chi connectivity index (χ1) is 13.8. The largest absolute Gasteiger partial charge is 0.485 e. The summed E-state index contributed by atoms with van der Waals surface area (Å²) in [5.41, 5.74) is 1.39. The van der Waals surface area contributed by atoms with Gasteiger partial charge in [-0.25, -0.2) is 0 Å². The quantitative estimate of drug-likeness (QED) is 0.800. The molecule has 0 radical (unpaired) electrons. The lowest BCUT2D eigenvalue weighted by Crippen LogP contribution is -2.47. The highest BCUT2D eigenvalue weighted by Gasteiger charge is 2.31. The van der Waals surface area contributed by atoms with E-state index in [9.17, 15) is 4.79 Å². The Hall–Kier alpha value is -2.53. The maximum Gasteiger partial charge on any atom is 0.267 e. The molecular formula is C23H28N2O3. The number of fused-ring (bicyclic) bond motifs is 1. The summed E-state index contributed by atoms with van der Waals surface area (Å²) in [5, 5.41) is 0. The molecule has 1 fully saturated rings. The van der Waals surface area contributed by atoms with E-state index in [4.69, 9.17) is 9.47 Å². The lowest BCUT2D eigenvalue weighted by Gasteiger charge is -2.30. The van der Waals surface area contributed by atoms with Gasteiger partial charge in [-0.05, 0) is 50.0 Å². The first-order valence-electron chi connectivity index (χ1n) is 10.2. The number of para-hydroxylation sites is 2. The number of carbonyl (C=O) groups is 1. The lowest BCUT2D eigenvalue weighted by molar-refractivity contribution is -0.141. The molecule has 0 bridgehead atoms. The molecule has 0 N–H and O–H groups in total. The van der Waals surface area contributed by atoms with Crippen LogP contribution >= 0.6 is 0 Å². The van der Waals surface area contributed by atoms with Crippen LogP contribution in [-0.2, 0) is 11.2 Å². The fraction of sp³-hybridized carbons (Fsp3) is 0.435. The molecule has 0 saturated carbocycles. The molecule has 1 unspecified atom stereocenters. The van der Waals surface area contributed by atoms with Gasteiger partial charge in [-0.1, -0.05) is 42.5 Å². The fourth-order valence-corrected chi connectivity index (χ4v) is 3.91. The van der Waals surface area contributed by atoms with E-state index in [2.05, 4.69) is 35.2 Å². The van der Waals surface area contributed by atoms with Crippen LogP contribution in [-0.4, -0.2) is 61.1 Å². The number of ether oxygens (including phenoxy) is 2. The molecule has 2 aliphatic heterocycles. The highest BCUT2D eigenvalue weighted by Crippen LogP contribution is 2.31. The predicted molar refractivity (Wildman–Crippen MR) is 109 cm³/mol. The Balaban J connectivity index is 1.25. The van der Waals surface area contributed by atoms with Crippen LogP contribution in [0.15, 0.2) is 54.6 Å². The Labute approximate surface area is 166 Å². The molecule has 1 saturated heterocycles. The molecule has 1 amide bonds. The summed E-state index contributed by atoms with van der Waals surface area (Å²) in [6.07, 6.45) is 2.71. The summed E-state index contributed by atoms with van der Waals surface area (Å²) in [6.45, 7) is 4.87. The van der Waals surface area contributed by atoms with E-state index in [0.29, 0.717) is 11.5 Å². The van der Waals surface area contributed by atoms with Crippen LogP contribution in [0.4, 0.5) is 0 Å². The third-order valence-corrected chi connectivity index (χ3v) is 5.47. The first-order valence-corrected chi connectivity index (χ1v) is 10.2. The molecule has 5 nitrogen and oxygen atoms in total. The van der Waals surface area contributed by atoms with Crippen LogP contribution in [0.1, 0.15) is 18.4 Å². The fourth-order valence-electron chi connectivity index (χ4n) is 3.91. The van der Waals surface area contributed by atoms with Crippen molar-refractivity contribution in [1.82, 2.24) is 9.80 Å². The van der Waals surface area contributed by atoms with Crippen molar-refractivity contribution in [3.05, 3.63) is 60.2 Å². The topological polar surface area (TPSA) is 42.0 Å². The van der Waals surface area contributed by atoms with Gasteiger partial charge in [0.05, 0.1) is 0 Å². The van der Waals surface area contributed by atoms with E-state index < -0.39 is 6.10 Å². The maximum atomic E-state index is 12.9. The zero-order valence-corrected chi connectivity index (χ0v) is 16.3. The van der Waals surface area contributed by atoms with Crippen LogP contribution in [0.3, 0.4) is 0 Å². The first kappa shape index (κ1) is 18.8. The van der Waals surface area contributed by atoms with Crippen LogP contribution < -0.4 is 9.47 Å².